The maximum atomic E-state index is 4.92. The Morgan fingerprint density at radius 2 is 2.57 bits per heavy atom. The summed E-state index contributed by atoms with van der Waals surface area (Å²) in [6.45, 7) is 4.99. The Kier molecular flexibility index (Phi) is 1.65. The van der Waals surface area contributed by atoms with Crippen molar-refractivity contribution in [2.45, 2.75) is 13.0 Å². The van der Waals surface area contributed by atoms with Gasteiger partial charge in [0, 0.05) is 1.43 Å². The van der Waals surface area contributed by atoms with Crippen LogP contribution >= 0.6 is 0 Å². The second-order valence-electron chi connectivity index (χ2n) is 1.79. The van der Waals surface area contributed by atoms with Gasteiger partial charge in [-0.15, -0.1) is 0 Å². The molecule has 7 heavy (non-hydrogen) atoms. The Morgan fingerprint density at radius 1 is 1.86 bits per heavy atom. The van der Waals surface area contributed by atoms with Crippen LogP contribution in [0.2, 0.25) is 0 Å². The number of hydrogen-bond donors (Lipinski definition) is 1. The second kappa shape index (κ2) is 2.28. The molecule has 1 rings (SSSR count). The van der Waals surface area contributed by atoms with E-state index in [0.29, 0.717) is 6.04 Å². The first-order valence-electron chi connectivity index (χ1n) is 2.74. The van der Waals surface area contributed by atoms with Crippen molar-refractivity contribution in [3.63, 3.8) is 0 Å². The first-order valence-corrected chi connectivity index (χ1v) is 2.74. The molecule has 1 heterocycles. The van der Waals surface area contributed by atoms with E-state index in [0.717, 1.165) is 19.8 Å². The van der Waals surface area contributed by atoms with Crippen molar-refractivity contribution in [3.05, 3.63) is 0 Å². The zero-order valence-electron chi connectivity index (χ0n) is 4.61. The molecule has 1 saturated heterocycles. The third kappa shape index (κ3) is 1.14. The topological polar surface area (TPSA) is 21.3 Å². The number of nitrogens with one attached hydrogen (secondary N) is 1. The van der Waals surface area contributed by atoms with Gasteiger partial charge in [-0.3, -0.25) is 0 Å². The summed E-state index contributed by atoms with van der Waals surface area (Å²) in [5.74, 6) is 0. The maximum Gasteiger partial charge on any atom is 0.0643 e. The fourth-order valence-corrected chi connectivity index (χ4v) is 0.642. The van der Waals surface area contributed by atoms with Gasteiger partial charge in [0.1, 0.15) is 0 Å². The van der Waals surface area contributed by atoms with E-state index in [1.54, 1.807) is 0 Å². The first-order chi connectivity index (χ1) is 3.43. The number of ether oxygens (including phenoxy) is 1. The molecule has 0 aromatic rings. The first kappa shape index (κ1) is 5.06. The summed E-state index contributed by atoms with van der Waals surface area (Å²) in [7, 11) is 0. The van der Waals surface area contributed by atoms with Crippen molar-refractivity contribution in [1.29, 1.82) is 0 Å². The van der Waals surface area contributed by atoms with Crippen LogP contribution in [0.5, 0.6) is 0 Å². The molecule has 1 fully saturated rings. The summed E-state index contributed by atoms with van der Waals surface area (Å²) in [6.07, 6.45) is 0. The van der Waals surface area contributed by atoms with Crippen molar-refractivity contribution in [2.24, 2.45) is 0 Å². The molecule has 44 valence electrons. The lowest BCUT2D eigenvalue weighted by Crippen LogP contribution is -2.45. The molecule has 0 unspecified atom stereocenters. The Hall–Kier alpha value is -0.0800. The van der Waals surface area contributed by atoms with Crippen LogP contribution < -0.4 is 5.32 Å². The molecule has 0 atom stereocenters. The highest BCUT2D eigenvalue weighted by atomic mass is 16.5. The van der Waals surface area contributed by atoms with Crippen molar-refractivity contribution < 1.29 is 6.16 Å². The Labute approximate surface area is 45.3 Å². The number of rotatable bonds is 2. The Bertz CT molecular complexity index is 56.4. The fraction of sp³-hybridized carbons (Fsp3) is 1.00. The average Bonchev–Trinajstić information content (AvgIpc) is 1.55. The average molecular weight is 103 g/mol. The highest BCUT2D eigenvalue weighted by Gasteiger charge is 2.15. The molecule has 1 aliphatic heterocycles. The SMILES string of the molecule is CCNC1COC1.[HH]. The molecule has 0 aliphatic carbocycles. The molecule has 0 radical (unpaired) electrons. The summed E-state index contributed by atoms with van der Waals surface area (Å²) in [6, 6.07) is 0.657. The third-order valence-corrected chi connectivity index (χ3v) is 1.13. The smallest absolute Gasteiger partial charge is 0.0643 e. The van der Waals surface area contributed by atoms with Crippen molar-refractivity contribution in [2.75, 3.05) is 19.8 Å². The molecular weight excluding hydrogens is 90.1 g/mol. The lowest BCUT2D eigenvalue weighted by atomic mass is 10.3. The van der Waals surface area contributed by atoms with Gasteiger partial charge in [0.25, 0.3) is 0 Å². The number of likely N-dealkylation sites (N-methyl/N-ethyl adjacent to an activating group) is 1. The zero-order valence-corrected chi connectivity index (χ0v) is 4.61. The lowest BCUT2D eigenvalue weighted by Gasteiger charge is -2.26. The largest absolute Gasteiger partial charge is 0.378 e. The molecule has 0 aromatic carbocycles. The summed E-state index contributed by atoms with van der Waals surface area (Å²) >= 11 is 0. The highest BCUT2D eigenvalue weighted by Crippen LogP contribution is 1.97. The van der Waals surface area contributed by atoms with E-state index in [2.05, 4.69) is 12.2 Å². The number of hydrogen-bond acceptors (Lipinski definition) is 2. The monoisotopic (exact) mass is 103 g/mol. The minimum absolute atomic E-state index is 0. The van der Waals surface area contributed by atoms with E-state index < -0.39 is 0 Å². The molecule has 0 saturated carbocycles. The summed E-state index contributed by atoms with van der Waals surface area (Å²) in [5.41, 5.74) is 0. The minimum Gasteiger partial charge on any atom is -0.378 e. The molecule has 0 aromatic heterocycles. The van der Waals surface area contributed by atoms with Gasteiger partial charge >= 0.3 is 0 Å². The van der Waals surface area contributed by atoms with E-state index in [1.807, 2.05) is 0 Å². The highest BCUT2D eigenvalue weighted by molar-refractivity contribution is 4.70. The summed E-state index contributed by atoms with van der Waals surface area (Å²) in [5, 5.41) is 3.26. The molecule has 0 amide bonds. The van der Waals surface area contributed by atoms with Crippen LogP contribution in [-0.4, -0.2) is 25.8 Å². The second-order valence-corrected chi connectivity index (χ2v) is 1.79. The Morgan fingerprint density at radius 3 is 2.71 bits per heavy atom. The van der Waals surface area contributed by atoms with E-state index in [4.69, 9.17) is 4.74 Å². The molecule has 2 nitrogen and oxygen atoms in total. The van der Waals surface area contributed by atoms with Gasteiger partial charge in [-0.2, -0.15) is 0 Å². The van der Waals surface area contributed by atoms with Crippen LogP contribution in [0.1, 0.15) is 8.35 Å². The van der Waals surface area contributed by atoms with Gasteiger partial charge in [-0.05, 0) is 6.54 Å². The molecule has 2 heteroatoms. The summed E-state index contributed by atoms with van der Waals surface area (Å²) in [4.78, 5) is 0. The van der Waals surface area contributed by atoms with Gasteiger partial charge in [0.15, 0.2) is 0 Å². The van der Waals surface area contributed by atoms with Gasteiger partial charge in [-0.25, -0.2) is 0 Å². The summed E-state index contributed by atoms with van der Waals surface area (Å²) < 4.78 is 4.92. The molecule has 0 spiro atoms. The zero-order chi connectivity index (χ0) is 5.11. The van der Waals surface area contributed by atoms with Gasteiger partial charge in [0.05, 0.1) is 19.3 Å². The lowest BCUT2D eigenvalue weighted by molar-refractivity contribution is -0.00418. The van der Waals surface area contributed by atoms with Crippen molar-refractivity contribution >= 4 is 0 Å². The standard InChI is InChI=1S/C5H11NO.H2/c1-2-6-5-3-7-4-5;/h5-6H,2-4H2,1H3;1H. The van der Waals surface area contributed by atoms with Gasteiger partial charge in [-0.1, -0.05) is 6.92 Å². The van der Waals surface area contributed by atoms with Crippen LogP contribution in [0.25, 0.3) is 0 Å². The van der Waals surface area contributed by atoms with Crippen LogP contribution in [0, 0.1) is 0 Å². The quantitative estimate of drug-likeness (QED) is 0.540. The minimum atomic E-state index is 0. The molecular formula is C5H13NO. The Balaban J connectivity index is 0.000000490. The predicted molar refractivity (Wildman–Crippen MR) is 30.4 cm³/mol. The van der Waals surface area contributed by atoms with E-state index in [1.165, 1.54) is 0 Å². The van der Waals surface area contributed by atoms with Gasteiger partial charge in [0.2, 0.25) is 0 Å². The molecule has 1 aliphatic rings. The van der Waals surface area contributed by atoms with Crippen LogP contribution in [0.4, 0.5) is 0 Å². The molecule has 1 N–H and O–H groups in total. The predicted octanol–water partition coefficient (Wildman–Crippen LogP) is 0.241. The fourth-order valence-electron chi connectivity index (χ4n) is 0.642. The maximum absolute atomic E-state index is 4.92. The van der Waals surface area contributed by atoms with Gasteiger partial charge < -0.3 is 10.1 Å². The van der Waals surface area contributed by atoms with Crippen LogP contribution in [0.15, 0.2) is 0 Å². The van der Waals surface area contributed by atoms with E-state index in [-0.39, 0.29) is 1.43 Å². The van der Waals surface area contributed by atoms with Crippen LogP contribution in [-0.2, 0) is 4.74 Å². The van der Waals surface area contributed by atoms with Crippen molar-refractivity contribution in [3.8, 4) is 0 Å². The normalized spacial score (nSPS) is 21.9. The van der Waals surface area contributed by atoms with E-state index in [9.17, 15) is 0 Å². The molecule has 0 bridgehead atoms. The third-order valence-electron chi connectivity index (χ3n) is 1.13. The van der Waals surface area contributed by atoms with E-state index >= 15 is 0 Å². The van der Waals surface area contributed by atoms with Crippen LogP contribution in [0.3, 0.4) is 0 Å². The van der Waals surface area contributed by atoms with Crippen molar-refractivity contribution in [1.82, 2.24) is 5.32 Å².